The molecule has 0 saturated carbocycles. The van der Waals surface area contributed by atoms with E-state index in [0.29, 0.717) is 18.4 Å². The predicted molar refractivity (Wildman–Crippen MR) is 68.9 cm³/mol. The molecule has 4 unspecified atom stereocenters. The van der Waals surface area contributed by atoms with E-state index in [2.05, 4.69) is 25.7 Å². The highest BCUT2D eigenvalue weighted by molar-refractivity contribution is 5.77. The lowest BCUT2D eigenvalue weighted by Crippen LogP contribution is -2.54. The first-order valence-electron chi connectivity index (χ1n) is 6.53. The molecule has 3 N–H and O–H groups in total. The molecule has 1 fully saturated rings. The normalized spacial score (nSPS) is 31.8. The van der Waals surface area contributed by atoms with E-state index < -0.39 is 11.5 Å². The summed E-state index contributed by atoms with van der Waals surface area (Å²) >= 11 is 0. The number of nitrogens with zero attached hydrogens (tertiary/aromatic N) is 1. The second-order valence-electron chi connectivity index (χ2n) is 5.87. The van der Waals surface area contributed by atoms with Gasteiger partial charge in [0.25, 0.3) is 0 Å². The van der Waals surface area contributed by atoms with E-state index in [1.807, 2.05) is 0 Å². The summed E-state index contributed by atoms with van der Waals surface area (Å²) in [6, 6.07) is 0.738. The van der Waals surface area contributed by atoms with Crippen molar-refractivity contribution in [3.8, 4) is 0 Å². The predicted octanol–water partition coefficient (Wildman–Crippen LogP) is 1.69. The lowest BCUT2D eigenvalue weighted by Gasteiger charge is -2.43. The molecule has 1 saturated heterocycles. The van der Waals surface area contributed by atoms with Crippen LogP contribution in [0.5, 0.6) is 0 Å². The summed E-state index contributed by atoms with van der Waals surface area (Å²) in [7, 11) is 0. The number of aliphatic carboxylic acids is 1. The molecule has 0 spiro atoms. The zero-order valence-corrected chi connectivity index (χ0v) is 11.4. The second kappa shape index (κ2) is 5.36. The summed E-state index contributed by atoms with van der Waals surface area (Å²) in [6.07, 6.45) is 2.97. The first-order chi connectivity index (χ1) is 7.75. The van der Waals surface area contributed by atoms with Crippen LogP contribution in [0.4, 0.5) is 0 Å². The van der Waals surface area contributed by atoms with Gasteiger partial charge in [0.1, 0.15) is 5.54 Å². The molecule has 0 aliphatic carbocycles. The molecule has 17 heavy (non-hydrogen) atoms. The number of carbonyl (C=O) groups is 1. The molecule has 100 valence electrons. The first kappa shape index (κ1) is 14.5. The standard InChI is InChI=1S/C13H26N2O2/c1-9-6-5-7-15(11(9)3)10(2)8-13(4,14)12(16)17/h9-11H,5-8,14H2,1-4H3,(H,16,17). The summed E-state index contributed by atoms with van der Waals surface area (Å²) in [5.41, 5.74) is 4.70. The summed E-state index contributed by atoms with van der Waals surface area (Å²) in [6.45, 7) is 9.24. The summed E-state index contributed by atoms with van der Waals surface area (Å²) < 4.78 is 0. The molecule has 1 heterocycles. The van der Waals surface area contributed by atoms with Crippen molar-refractivity contribution >= 4 is 5.97 Å². The molecule has 0 aromatic carbocycles. The van der Waals surface area contributed by atoms with Crippen LogP contribution in [0.25, 0.3) is 0 Å². The Balaban J connectivity index is 2.63. The van der Waals surface area contributed by atoms with Crippen molar-refractivity contribution < 1.29 is 9.90 Å². The van der Waals surface area contributed by atoms with Gasteiger partial charge < -0.3 is 10.8 Å². The van der Waals surface area contributed by atoms with Gasteiger partial charge in [-0.25, -0.2) is 0 Å². The van der Waals surface area contributed by atoms with Gasteiger partial charge in [0.2, 0.25) is 0 Å². The van der Waals surface area contributed by atoms with E-state index in [-0.39, 0.29) is 6.04 Å². The molecular weight excluding hydrogens is 216 g/mol. The number of likely N-dealkylation sites (tertiary alicyclic amines) is 1. The highest BCUT2D eigenvalue weighted by Gasteiger charge is 2.35. The largest absolute Gasteiger partial charge is 0.480 e. The van der Waals surface area contributed by atoms with Crippen molar-refractivity contribution in [3.05, 3.63) is 0 Å². The van der Waals surface area contributed by atoms with Gasteiger partial charge >= 0.3 is 5.97 Å². The van der Waals surface area contributed by atoms with E-state index in [4.69, 9.17) is 10.8 Å². The highest BCUT2D eigenvalue weighted by Crippen LogP contribution is 2.27. The van der Waals surface area contributed by atoms with Gasteiger partial charge in [0.15, 0.2) is 0 Å². The van der Waals surface area contributed by atoms with Crippen molar-refractivity contribution in [3.63, 3.8) is 0 Å². The van der Waals surface area contributed by atoms with E-state index in [0.717, 1.165) is 6.54 Å². The monoisotopic (exact) mass is 242 g/mol. The second-order valence-corrected chi connectivity index (χ2v) is 5.87. The molecule has 0 amide bonds. The smallest absolute Gasteiger partial charge is 0.323 e. The van der Waals surface area contributed by atoms with Crippen LogP contribution in [0.1, 0.15) is 47.0 Å². The third-order valence-corrected chi connectivity index (χ3v) is 4.20. The van der Waals surface area contributed by atoms with Gasteiger partial charge in [-0.3, -0.25) is 9.69 Å². The third-order valence-electron chi connectivity index (χ3n) is 4.20. The average molecular weight is 242 g/mol. The quantitative estimate of drug-likeness (QED) is 0.787. The topological polar surface area (TPSA) is 66.6 Å². The van der Waals surface area contributed by atoms with E-state index >= 15 is 0 Å². The molecule has 4 atom stereocenters. The number of rotatable bonds is 4. The summed E-state index contributed by atoms with van der Waals surface area (Å²) in [5, 5.41) is 9.06. The minimum Gasteiger partial charge on any atom is -0.480 e. The van der Waals surface area contributed by atoms with Gasteiger partial charge in [-0.05, 0) is 52.5 Å². The lowest BCUT2D eigenvalue weighted by atomic mass is 9.87. The van der Waals surface area contributed by atoms with Crippen LogP contribution in [0.3, 0.4) is 0 Å². The fourth-order valence-electron chi connectivity index (χ4n) is 2.81. The third kappa shape index (κ3) is 3.42. The van der Waals surface area contributed by atoms with Crippen molar-refractivity contribution in [2.75, 3.05) is 6.54 Å². The maximum Gasteiger partial charge on any atom is 0.323 e. The lowest BCUT2D eigenvalue weighted by molar-refractivity contribution is -0.143. The van der Waals surface area contributed by atoms with Gasteiger partial charge in [-0.15, -0.1) is 0 Å². The van der Waals surface area contributed by atoms with Crippen molar-refractivity contribution in [1.82, 2.24) is 4.90 Å². The molecule has 4 nitrogen and oxygen atoms in total. The van der Waals surface area contributed by atoms with Crippen LogP contribution >= 0.6 is 0 Å². The number of piperidine rings is 1. The van der Waals surface area contributed by atoms with Crippen LogP contribution in [-0.4, -0.2) is 40.1 Å². The van der Waals surface area contributed by atoms with Gasteiger partial charge in [0.05, 0.1) is 0 Å². The van der Waals surface area contributed by atoms with Crippen LogP contribution in [0.2, 0.25) is 0 Å². The van der Waals surface area contributed by atoms with Crippen molar-refractivity contribution in [2.24, 2.45) is 11.7 Å². The zero-order chi connectivity index (χ0) is 13.2. The Kier molecular flexibility index (Phi) is 4.55. The van der Waals surface area contributed by atoms with E-state index in [1.54, 1.807) is 6.92 Å². The number of hydrogen-bond donors (Lipinski definition) is 2. The average Bonchev–Trinajstić information content (AvgIpc) is 2.21. The maximum absolute atomic E-state index is 11.0. The Hall–Kier alpha value is -0.610. The molecule has 1 rings (SSSR count). The minimum atomic E-state index is -1.13. The van der Waals surface area contributed by atoms with E-state index in [1.165, 1.54) is 12.8 Å². The Morgan fingerprint density at radius 3 is 2.71 bits per heavy atom. The number of hydrogen-bond acceptors (Lipinski definition) is 3. The fraction of sp³-hybridized carbons (Fsp3) is 0.923. The molecular formula is C13H26N2O2. The summed E-state index contributed by atoms with van der Waals surface area (Å²) in [4.78, 5) is 13.4. The molecule has 0 aromatic heterocycles. The van der Waals surface area contributed by atoms with Gasteiger partial charge in [-0.1, -0.05) is 6.92 Å². The Labute approximate surface area is 104 Å². The van der Waals surface area contributed by atoms with Gasteiger partial charge in [-0.2, -0.15) is 0 Å². The zero-order valence-electron chi connectivity index (χ0n) is 11.4. The Morgan fingerprint density at radius 1 is 1.59 bits per heavy atom. The van der Waals surface area contributed by atoms with E-state index in [9.17, 15) is 4.79 Å². The van der Waals surface area contributed by atoms with Crippen molar-refractivity contribution in [2.45, 2.75) is 64.6 Å². The van der Waals surface area contributed by atoms with Crippen LogP contribution in [0, 0.1) is 5.92 Å². The van der Waals surface area contributed by atoms with Crippen molar-refractivity contribution in [1.29, 1.82) is 0 Å². The molecule has 0 radical (unpaired) electrons. The Morgan fingerprint density at radius 2 is 2.18 bits per heavy atom. The maximum atomic E-state index is 11.0. The number of nitrogens with two attached hydrogens (primary N) is 1. The van der Waals surface area contributed by atoms with Crippen LogP contribution in [-0.2, 0) is 4.79 Å². The first-order valence-corrected chi connectivity index (χ1v) is 6.53. The molecule has 0 aromatic rings. The number of carboxylic acids is 1. The number of carboxylic acid groups (broad SMARTS) is 1. The molecule has 4 heteroatoms. The molecule has 1 aliphatic rings. The van der Waals surface area contributed by atoms with Gasteiger partial charge in [0, 0.05) is 12.1 Å². The Bertz CT molecular complexity index is 279. The molecule has 0 bridgehead atoms. The molecule has 1 aliphatic heterocycles. The minimum absolute atomic E-state index is 0.221. The van der Waals surface area contributed by atoms with Crippen LogP contribution in [0.15, 0.2) is 0 Å². The van der Waals surface area contributed by atoms with Crippen LogP contribution < -0.4 is 5.73 Å². The summed E-state index contributed by atoms with van der Waals surface area (Å²) in [5.74, 6) is -0.234. The highest BCUT2D eigenvalue weighted by atomic mass is 16.4. The fourth-order valence-corrected chi connectivity index (χ4v) is 2.81. The SMILES string of the molecule is CC1CCCN(C(C)CC(C)(N)C(=O)O)C1C.